The third-order valence-corrected chi connectivity index (χ3v) is 0.428. The summed E-state index contributed by atoms with van der Waals surface area (Å²) >= 11 is 0.331. The van der Waals surface area contributed by atoms with Crippen molar-refractivity contribution in [1.29, 1.82) is 10.5 Å². The van der Waals surface area contributed by atoms with Crippen molar-refractivity contribution < 1.29 is 36.0 Å². The molecule has 0 bridgehead atoms. The molecule has 0 saturated heterocycles. The van der Waals surface area contributed by atoms with Gasteiger partial charge in [0.2, 0.25) is 0 Å². The van der Waals surface area contributed by atoms with E-state index in [4.69, 9.17) is 10.5 Å². The average molecular weight is 317 g/mol. The fourth-order valence-corrected chi connectivity index (χ4v) is 0.142. The molecule has 0 atom stereocenters. The molecule has 0 N–H and O–H groups in total. The van der Waals surface area contributed by atoms with E-state index >= 15 is 0 Å². The van der Waals surface area contributed by atoms with Crippen LogP contribution < -0.4 is 0 Å². The van der Waals surface area contributed by atoms with Crippen LogP contribution in [0.1, 0.15) is 0 Å². The molecule has 0 radical (unpaired) electrons. The topological polar surface area (TPSA) is 66.0 Å². The third kappa shape index (κ3) is 9.29. The molecular formula is C2HgN2O2S. The van der Waals surface area contributed by atoms with Crippen LogP contribution in [0.2, 0.25) is 0 Å². The zero-order valence-electron chi connectivity index (χ0n) is 3.83. The van der Waals surface area contributed by atoms with E-state index in [1.165, 1.54) is 12.5 Å². The first-order valence-electron chi connectivity index (χ1n) is 1.19. The van der Waals surface area contributed by atoms with Gasteiger partial charge in [0, 0.05) is 27.7 Å². The van der Waals surface area contributed by atoms with Crippen LogP contribution in [0, 0.1) is 23.0 Å². The normalized spacial score (nSPS) is 4.75. The van der Waals surface area contributed by atoms with E-state index in [9.17, 15) is 0 Å². The molecule has 0 spiro atoms. The second-order valence-corrected chi connectivity index (χ2v) is 0.887. The van der Waals surface area contributed by atoms with E-state index in [2.05, 4.69) is 8.37 Å². The largest absolute Gasteiger partial charge is 0.316 e. The van der Waals surface area contributed by atoms with Crippen molar-refractivity contribution in [2.45, 2.75) is 0 Å². The predicted molar refractivity (Wildman–Crippen MR) is 21.0 cm³/mol. The minimum atomic E-state index is 0. The maximum atomic E-state index is 7.61. The van der Waals surface area contributed by atoms with Crippen molar-refractivity contribution in [2.24, 2.45) is 0 Å². The van der Waals surface area contributed by atoms with Crippen molar-refractivity contribution in [2.75, 3.05) is 0 Å². The first-order chi connectivity index (χ1) is 3.41. The predicted octanol–water partition coefficient (Wildman–Crippen LogP) is 0.542. The summed E-state index contributed by atoms with van der Waals surface area (Å²) in [6, 6.07) is 0. The van der Waals surface area contributed by atoms with E-state index in [1.54, 1.807) is 0 Å². The van der Waals surface area contributed by atoms with Gasteiger partial charge in [-0.25, -0.2) is 0 Å². The van der Waals surface area contributed by atoms with Crippen LogP contribution in [0.25, 0.3) is 0 Å². The molecule has 8 heavy (non-hydrogen) atoms. The molecule has 0 saturated carbocycles. The summed E-state index contributed by atoms with van der Waals surface area (Å²) in [6.45, 7) is 0. The second kappa shape index (κ2) is 9.98. The van der Waals surface area contributed by atoms with Crippen molar-refractivity contribution in [3.05, 3.63) is 0 Å². The quantitative estimate of drug-likeness (QED) is 0.322. The molecule has 0 unspecified atom stereocenters. The van der Waals surface area contributed by atoms with Crippen LogP contribution in [-0.4, -0.2) is 0 Å². The van der Waals surface area contributed by atoms with Crippen molar-refractivity contribution >= 4 is 12.3 Å². The fourth-order valence-electron chi connectivity index (χ4n) is 0.0474. The van der Waals surface area contributed by atoms with Gasteiger partial charge in [0.05, 0.1) is 0 Å². The average Bonchev–Trinajstić information content (AvgIpc) is 1.69. The number of hydrogen-bond donors (Lipinski definition) is 0. The SMILES string of the molecule is N#COSOC#N.[Hg]. The van der Waals surface area contributed by atoms with Gasteiger partial charge in [0.25, 0.3) is 0 Å². The Hall–Kier alpha value is -0.135. The van der Waals surface area contributed by atoms with Crippen LogP contribution >= 0.6 is 12.3 Å². The Morgan fingerprint density at radius 3 is 1.75 bits per heavy atom. The minimum Gasteiger partial charge on any atom is -0.311 e. The molecule has 0 amide bonds. The Morgan fingerprint density at radius 1 is 1.12 bits per heavy atom. The Kier molecular flexibility index (Phi) is 13.4. The molecule has 0 rings (SSSR count). The molecule has 0 fully saturated rings. The van der Waals surface area contributed by atoms with Crippen LogP contribution in [0.5, 0.6) is 0 Å². The zero-order valence-corrected chi connectivity index (χ0v) is 10.1. The first kappa shape index (κ1) is 10.8. The molecule has 0 aromatic rings. The fraction of sp³-hybridized carbons (Fsp3) is 0. The van der Waals surface area contributed by atoms with Gasteiger partial charge in [0.15, 0.2) is 0 Å². The molecule has 38 valence electrons. The summed E-state index contributed by atoms with van der Waals surface area (Å²) in [5.41, 5.74) is 0. The van der Waals surface area contributed by atoms with Crippen LogP contribution in [-0.2, 0) is 36.0 Å². The number of rotatable bonds is 2. The molecule has 4 nitrogen and oxygen atoms in total. The van der Waals surface area contributed by atoms with E-state index in [-0.39, 0.29) is 27.7 Å². The summed E-state index contributed by atoms with van der Waals surface area (Å²) in [5.74, 6) is 0. The standard InChI is InChI=1S/C2N2O2S.Hg/c3-1-5-7-6-2-4;. The third-order valence-electron chi connectivity index (χ3n) is 0.143. The molecule has 0 heterocycles. The minimum absolute atomic E-state index is 0. The van der Waals surface area contributed by atoms with Gasteiger partial charge in [-0.2, -0.15) is 0 Å². The maximum absolute atomic E-state index is 7.61. The second-order valence-electron chi connectivity index (χ2n) is 0.417. The monoisotopic (exact) mass is 318 g/mol. The van der Waals surface area contributed by atoms with Crippen LogP contribution in [0.15, 0.2) is 0 Å². The Bertz CT molecular complexity index is 102. The molecule has 0 aromatic carbocycles. The van der Waals surface area contributed by atoms with E-state index in [0.29, 0.717) is 12.3 Å². The van der Waals surface area contributed by atoms with Gasteiger partial charge in [0.1, 0.15) is 0 Å². The van der Waals surface area contributed by atoms with Crippen LogP contribution in [0.3, 0.4) is 0 Å². The first-order valence-corrected chi connectivity index (χ1v) is 1.86. The van der Waals surface area contributed by atoms with Gasteiger partial charge < -0.3 is 8.37 Å². The smallest absolute Gasteiger partial charge is 0.311 e. The Morgan fingerprint density at radius 2 is 1.50 bits per heavy atom. The summed E-state index contributed by atoms with van der Waals surface area (Å²) in [6.07, 6.45) is 2.58. The van der Waals surface area contributed by atoms with Gasteiger partial charge in [-0.15, -0.1) is 10.5 Å². The summed E-state index contributed by atoms with van der Waals surface area (Å²) in [7, 11) is 0. The Balaban J connectivity index is 0. The van der Waals surface area contributed by atoms with E-state index < -0.39 is 0 Å². The molecule has 6 heteroatoms. The van der Waals surface area contributed by atoms with Gasteiger partial charge >= 0.3 is 24.8 Å². The van der Waals surface area contributed by atoms with Crippen molar-refractivity contribution in [1.82, 2.24) is 0 Å². The molecule has 0 aliphatic rings. The van der Waals surface area contributed by atoms with Crippen LogP contribution in [0.4, 0.5) is 0 Å². The number of nitrogens with zero attached hydrogens (tertiary/aromatic N) is 2. The van der Waals surface area contributed by atoms with Crippen molar-refractivity contribution in [3.63, 3.8) is 0 Å². The summed E-state index contributed by atoms with van der Waals surface area (Å²) in [4.78, 5) is 0. The van der Waals surface area contributed by atoms with E-state index in [1.807, 2.05) is 0 Å². The zero-order chi connectivity index (χ0) is 5.54. The summed E-state index contributed by atoms with van der Waals surface area (Å²) in [5, 5.41) is 15.2. The molecule has 0 aromatic heterocycles. The maximum Gasteiger partial charge on any atom is 0.316 e. The van der Waals surface area contributed by atoms with Gasteiger partial charge in [-0.05, 0) is 0 Å². The Labute approximate surface area is 71.3 Å². The number of hydrogen-bond acceptors (Lipinski definition) is 5. The number of nitriles is 2. The van der Waals surface area contributed by atoms with Gasteiger partial charge in [-0.3, -0.25) is 0 Å². The molecule has 0 aliphatic heterocycles. The molecule has 0 aliphatic carbocycles. The molecular weight excluding hydrogens is 317 g/mol. The van der Waals surface area contributed by atoms with Crippen molar-refractivity contribution in [3.8, 4) is 12.5 Å². The van der Waals surface area contributed by atoms with E-state index in [0.717, 1.165) is 0 Å². The van der Waals surface area contributed by atoms with Gasteiger partial charge in [-0.1, -0.05) is 0 Å². The summed E-state index contributed by atoms with van der Waals surface area (Å²) < 4.78 is 7.70.